The molecule has 2 amide bonds. The Hall–Kier alpha value is -2.86. The second kappa shape index (κ2) is 6.33. The first-order chi connectivity index (χ1) is 11.5. The molecule has 6 heteroatoms. The summed E-state index contributed by atoms with van der Waals surface area (Å²) in [5, 5.41) is 8.03. The molecule has 1 heterocycles. The summed E-state index contributed by atoms with van der Waals surface area (Å²) in [7, 11) is 1.59. The lowest BCUT2D eigenvalue weighted by molar-refractivity contribution is 0.256. The van der Waals surface area contributed by atoms with Gasteiger partial charge in [0, 0.05) is 12.5 Å². The zero-order chi connectivity index (χ0) is 17.3. The van der Waals surface area contributed by atoms with Gasteiger partial charge >= 0.3 is 6.03 Å². The fourth-order valence-corrected chi connectivity index (χ4v) is 3.05. The van der Waals surface area contributed by atoms with E-state index < -0.39 is 12.1 Å². The highest BCUT2D eigenvalue weighted by molar-refractivity contribution is 6.18. The lowest BCUT2D eigenvalue weighted by atomic mass is 9.93. The van der Waals surface area contributed by atoms with Gasteiger partial charge in [0.25, 0.3) is 0 Å². The number of hydrogen-bond donors (Lipinski definition) is 3. The molecule has 2 aromatic carbocycles. The van der Waals surface area contributed by atoms with E-state index in [1.807, 2.05) is 24.3 Å². The van der Waals surface area contributed by atoms with Crippen molar-refractivity contribution in [2.45, 2.75) is 18.9 Å². The first-order valence-corrected chi connectivity index (χ1v) is 7.68. The number of amidine groups is 1. The third kappa shape index (κ3) is 2.83. The van der Waals surface area contributed by atoms with Gasteiger partial charge in [-0.3, -0.25) is 5.41 Å². The summed E-state index contributed by atoms with van der Waals surface area (Å²) >= 11 is 0. The number of nitrogens with two attached hydrogens (primary N) is 2. The number of ether oxygens (including phenoxy) is 1. The second-order valence-corrected chi connectivity index (χ2v) is 5.82. The Kier molecular flexibility index (Phi) is 4.22. The van der Waals surface area contributed by atoms with Crippen LogP contribution in [-0.2, 0) is 12.8 Å². The van der Waals surface area contributed by atoms with E-state index in [4.69, 9.17) is 21.6 Å². The van der Waals surface area contributed by atoms with Crippen molar-refractivity contribution in [2.24, 2.45) is 11.5 Å². The van der Waals surface area contributed by atoms with E-state index in [0.717, 1.165) is 21.6 Å². The third-order valence-electron chi connectivity index (χ3n) is 4.21. The second-order valence-electron chi connectivity index (χ2n) is 5.82. The Balaban J connectivity index is 2.07. The van der Waals surface area contributed by atoms with Crippen molar-refractivity contribution in [1.29, 1.82) is 5.41 Å². The van der Waals surface area contributed by atoms with Crippen molar-refractivity contribution < 1.29 is 9.53 Å². The van der Waals surface area contributed by atoms with Crippen LogP contribution in [0.4, 0.5) is 10.5 Å². The lowest BCUT2D eigenvalue weighted by Gasteiger charge is -2.33. The Morgan fingerprint density at radius 3 is 2.67 bits per heavy atom. The van der Waals surface area contributed by atoms with Crippen molar-refractivity contribution in [1.82, 2.24) is 0 Å². The van der Waals surface area contributed by atoms with E-state index in [9.17, 15) is 4.79 Å². The van der Waals surface area contributed by atoms with Crippen LogP contribution in [0.25, 0.3) is 0 Å². The molecule has 0 radical (unpaired) electrons. The topological polar surface area (TPSA) is 105 Å². The van der Waals surface area contributed by atoms with Crippen LogP contribution in [-0.4, -0.2) is 25.0 Å². The number of rotatable bonds is 3. The summed E-state index contributed by atoms with van der Waals surface area (Å²) < 4.78 is 5.49. The number of urea groups is 1. The number of nitrogens with zero attached hydrogens (tertiary/aromatic N) is 1. The van der Waals surface area contributed by atoms with Crippen molar-refractivity contribution in [3.63, 3.8) is 0 Å². The largest absolute Gasteiger partial charge is 0.496 e. The van der Waals surface area contributed by atoms with Gasteiger partial charge in [0.05, 0.1) is 18.8 Å². The Morgan fingerprint density at radius 2 is 2.04 bits per heavy atom. The van der Waals surface area contributed by atoms with Gasteiger partial charge < -0.3 is 16.2 Å². The van der Waals surface area contributed by atoms with E-state index in [1.165, 1.54) is 0 Å². The standard InChI is InChI=1S/C18H20N4O2/c1-24-16-10-15-12(9-14(19)17(20)22(15)18(21)23)8-13(16)7-11-5-3-2-4-6-11/h2-6,8,10,14,20H,7,9,19H2,1H3,(H2,21,23). The molecule has 0 aromatic heterocycles. The maximum atomic E-state index is 11.8. The summed E-state index contributed by atoms with van der Waals surface area (Å²) in [4.78, 5) is 12.9. The predicted octanol–water partition coefficient (Wildman–Crippen LogP) is 2.03. The van der Waals surface area contributed by atoms with Crippen LogP contribution in [0, 0.1) is 5.41 Å². The first kappa shape index (κ1) is 16.0. The summed E-state index contributed by atoms with van der Waals surface area (Å²) in [6.07, 6.45) is 1.20. The van der Waals surface area contributed by atoms with Gasteiger partial charge in [0.15, 0.2) is 0 Å². The monoisotopic (exact) mass is 324 g/mol. The maximum Gasteiger partial charge on any atom is 0.324 e. The van der Waals surface area contributed by atoms with Crippen molar-refractivity contribution >= 4 is 17.6 Å². The average Bonchev–Trinajstić information content (AvgIpc) is 2.56. The van der Waals surface area contributed by atoms with Gasteiger partial charge in [0.2, 0.25) is 0 Å². The van der Waals surface area contributed by atoms with Gasteiger partial charge in [-0.2, -0.15) is 0 Å². The average molecular weight is 324 g/mol. The maximum absolute atomic E-state index is 11.8. The van der Waals surface area contributed by atoms with Crippen LogP contribution in [0.2, 0.25) is 0 Å². The number of carbonyl (C=O) groups is 1. The van der Waals surface area contributed by atoms with Crippen LogP contribution in [0.15, 0.2) is 42.5 Å². The van der Waals surface area contributed by atoms with Crippen LogP contribution >= 0.6 is 0 Å². The first-order valence-electron chi connectivity index (χ1n) is 7.68. The molecule has 1 unspecified atom stereocenters. The molecule has 1 aliphatic rings. The normalized spacial score (nSPS) is 16.7. The number of carbonyl (C=O) groups excluding carboxylic acids is 1. The molecule has 1 atom stereocenters. The molecule has 1 aliphatic heterocycles. The molecule has 0 aliphatic carbocycles. The van der Waals surface area contributed by atoms with Crippen molar-refractivity contribution in [3.05, 3.63) is 59.2 Å². The molecule has 0 fully saturated rings. The highest BCUT2D eigenvalue weighted by atomic mass is 16.5. The molecular formula is C18H20N4O2. The fraction of sp³-hybridized carbons (Fsp3) is 0.222. The quantitative estimate of drug-likeness (QED) is 0.804. The van der Waals surface area contributed by atoms with Crippen molar-refractivity contribution in [2.75, 3.05) is 12.0 Å². The summed E-state index contributed by atoms with van der Waals surface area (Å²) in [5.41, 5.74) is 15.1. The van der Waals surface area contributed by atoms with Crippen molar-refractivity contribution in [3.8, 4) is 5.75 Å². The molecule has 24 heavy (non-hydrogen) atoms. The Bertz CT molecular complexity index is 789. The lowest BCUT2D eigenvalue weighted by Crippen LogP contribution is -2.52. The van der Waals surface area contributed by atoms with Crippen LogP contribution in [0.5, 0.6) is 5.75 Å². The minimum atomic E-state index is -0.714. The van der Waals surface area contributed by atoms with E-state index in [1.54, 1.807) is 13.2 Å². The molecule has 6 nitrogen and oxygen atoms in total. The van der Waals surface area contributed by atoms with E-state index in [2.05, 4.69) is 12.1 Å². The van der Waals surface area contributed by atoms with Gasteiger partial charge in [-0.1, -0.05) is 30.3 Å². The number of benzene rings is 2. The summed E-state index contributed by atoms with van der Waals surface area (Å²) in [5.74, 6) is 0.667. The smallest absolute Gasteiger partial charge is 0.324 e. The minimum absolute atomic E-state index is 0.00728. The summed E-state index contributed by atoms with van der Waals surface area (Å²) in [6, 6.07) is 12.5. The molecule has 3 rings (SSSR count). The predicted molar refractivity (Wildman–Crippen MR) is 93.7 cm³/mol. The zero-order valence-electron chi connectivity index (χ0n) is 13.5. The zero-order valence-corrected chi connectivity index (χ0v) is 13.5. The molecular weight excluding hydrogens is 304 g/mol. The highest BCUT2D eigenvalue weighted by Crippen LogP contribution is 2.35. The number of methoxy groups -OCH3 is 1. The van der Waals surface area contributed by atoms with Crippen LogP contribution in [0.1, 0.15) is 16.7 Å². The minimum Gasteiger partial charge on any atom is -0.496 e. The number of primary amides is 1. The van der Waals surface area contributed by atoms with Gasteiger partial charge in [0.1, 0.15) is 11.6 Å². The molecule has 0 saturated carbocycles. The SMILES string of the molecule is COc1cc2c(cc1Cc1ccccc1)CC(N)C(=N)N2C(N)=O. The molecule has 0 bridgehead atoms. The van der Waals surface area contributed by atoms with E-state index in [-0.39, 0.29) is 5.84 Å². The number of anilines is 1. The van der Waals surface area contributed by atoms with Gasteiger partial charge in [-0.25, -0.2) is 9.69 Å². The summed E-state index contributed by atoms with van der Waals surface area (Å²) in [6.45, 7) is 0. The third-order valence-corrected chi connectivity index (χ3v) is 4.21. The highest BCUT2D eigenvalue weighted by Gasteiger charge is 2.32. The molecule has 0 saturated heterocycles. The molecule has 0 spiro atoms. The van der Waals surface area contributed by atoms with Gasteiger partial charge in [-0.05, 0) is 29.2 Å². The van der Waals surface area contributed by atoms with E-state index in [0.29, 0.717) is 24.3 Å². The van der Waals surface area contributed by atoms with Gasteiger partial charge in [-0.15, -0.1) is 0 Å². The Labute approximate surface area is 140 Å². The fourth-order valence-electron chi connectivity index (χ4n) is 3.05. The van der Waals surface area contributed by atoms with Crippen LogP contribution in [0.3, 0.4) is 0 Å². The number of hydrogen-bond acceptors (Lipinski definition) is 4. The van der Waals surface area contributed by atoms with Crippen LogP contribution < -0.4 is 21.1 Å². The number of fused-ring (bicyclic) bond motifs is 1. The number of amides is 2. The molecule has 2 aromatic rings. The molecule has 124 valence electrons. The molecule has 5 N–H and O–H groups in total. The Morgan fingerprint density at radius 1 is 1.33 bits per heavy atom. The number of nitrogens with one attached hydrogen (secondary N) is 1. The van der Waals surface area contributed by atoms with E-state index >= 15 is 0 Å².